The van der Waals surface area contributed by atoms with E-state index in [0.29, 0.717) is 31.9 Å². The summed E-state index contributed by atoms with van der Waals surface area (Å²) in [5.41, 5.74) is 1.86. The Balaban J connectivity index is 1.80. The molecule has 1 amide bonds. The molecule has 150 valence electrons. The Labute approximate surface area is 174 Å². The first-order valence-corrected chi connectivity index (χ1v) is 11.9. The molecule has 2 aromatic rings. The fourth-order valence-corrected chi connectivity index (χ4v) is 4.94. The highest BCUT2D eigenvalue weighted by molar-refractivity contribution is 7.97. The van der Waals surface area contributed by atoms with Gasteiger partial charge < -0.3 is 10.1 Å². The summed E-state index contributed by atoms with van der Waals surface area (Å²) in [5, 5.41) is 2.98. The highest BCUT2D eigenvalue weighted by Gasteiger charge is 2.27. The van der Waals surface area contributed by atoms with Crippen LogP contribution in [0.15, 0.2) is 47.4 Å². The second kappa shape index (κ2) is 9.28. The predicted molar refractivity (Wildman–Crippen MR) is 113 cm³/mol. The van der Waals surface area contributed by atoms with Crippen molar-refractivity contribution in [3.63, 3.8) is 0 Å². The summed E-state index contributed by atoms with van der Waals surface area (Å²) in [6.07, 6.45) is 2.01. The first-order chi connectivity index (χ1) is 13.4. The van der Waals surface area contributed by atoms with E-state index in [9.17, 15) is 13.2 Å². The lowest BCUT2D eigenvalue weighted by atomic mass is 10.1. The topological polar surface area (TPSA) is 75.7 Å². The van der Waals surface area contributed by atoms with Gasteiger partial charge in [0.25, 0.3) is 5.91 Å². The number of halogens is 1. The van der Waals surface area contributed by atoms with Crippen molar-refractivity contribution < 1.29 is 17.9 Å². The van der Waals surface area contributed by atoms with Gasteiger partial charge in [0.15, 0.2) is 0 Å². The zero-order valence-electron chi connectivity index (χ0n) is 15.4. The molecular weight excluding hydrogens is 420 g/mol. The molecule has 0 spiro atoms. The molecule has 1 aliphatic rings. The summed E-state index contributed by atoms with van der Waals surface area (Å²) in [6.45, 7) is 1.33. The van der Waals surface area contributed by atoms with E-state index in [4.69, 9.17) is 16.3 Å². The average molecular weight is 441 g/mol. The van der Waals surface area contributed by atoms with Crippen LogP contribution in [0, 0.1) is 0 Å². The summed E-state index contributed by atoms with van der Waals surface area (Å²) in [5.74, 6) is 0.522. The molecule has 0 radical (unpaired) electrons. The lowest BCUT2D eigenvalue weighted by Gasteiger charge is -2.26. The molecule has 0 aliphatic carbocycles. The Bertz CT molecular complexity index is 943. The Kier molecular flexibility index (Phi) is 7.00. The number of carbonyl (C=O) groups excluding carboxylic acids is 1. The van der Waals surface area contributed by atoms with Crippen LogP contribution in [0.5, 0.6) is 0 Å². The van der Waals surface area contributed by atoms with E-state index in [-0.39, 0.29) is 21.5 Å². The molecule has 1 fully saturated rings. The number of carbonyl (C=O) groups is 1. The third-order valence-electron chi connectivity index (χ3n) is 4.32. The number of morpholine rings is 1. The Morgan fingerprint density at radius 2 is 1.86 bits per heavy atom. The van der Waals surface area contributed by atoms with Crippen LogP contribution < -0.4 is 5.32 Å². The van der Waals surface area contributed by atoms with Gasteiger partial charge in [-0.05, 0) is 42.2 Å². The summed E-state index contributed by atoms with van der Waals surface area (Å²) < 4.78 is 32.2. The maximum Gasteiger partial charge on any atom is 0.255 e. The second-order valence-corrected chi connectivity index (χ2v) is 9.45. The van der Waals surface area contributed by atoms with Crippen molar-refractivity contribution in [1.82, 2.24) is 4.31 Å². The normalized spacial score (nSPS) is 15.4. The van der Waals surface area contributed by atoms with Crippen molar-refractivity contribution in [2.24, 2.45) is 0 Å². The van der Waals surface area contributed by atoms with Crippen molar-refractivity contribution in [2.75, 3.05) is 37.9 Å². The van der Waals surface area contributed by atoms with Crippen LogP contribution in [0.1, 0.15) is 15.9 Å². The SMILES string of the molecule is CSCc1ccc(C(=O)Nc2cc(S(=O)(=O)N3CCOCC3)ccc2Cl)cc1. The molecule has 28 heavy (non-hydrogen) atoms. The van der Waals surface area contributed by atoms with Crippen molar-refractivity contribution in [1.29, 1.82) is 0 Å². The zero-order valence-corrected chi connectivity index (χ0v) is 17.7. The van der Waals surface area contributed by atoms with Crippen LogP contribution >= 0.6 is 23.4 Å². The van der Waals surface area contributed by atoms with E-state index >= 15 is 0 Å². The molecule has 9 heteroatoms. The van der Waals surface area contributed by atoms with Gasteiger partial charge in [-0.3, -0.25) is 4.79 Å². The van der Waals surface area contributed by atoms with Crippen molar-refractivity contribution in [3.05, 3.63) is 58.6 Å². The fraction of sp³-hybridized carbons (Fsp3) is 0.316. The highest BCUT2D eigenvalue weighted by atomic mass is 35.5. The molecule has 0 atom stereocenters. The number of rotatable bonds is 6. The first-order valence-electron chi connectivity index (χ1n) is 8.68. The number of benzene rings is 2. The Morgan fingerprint density at radius 3 is 2.50 bits per heavy atom. The maximum absolute atomic E-state index is 12.8. The van der Waals surface area contributed by atoms with Crippen LogP contribution in [-0.2, 0) is 20.5 Å². The summed E-state index contributed by atoms with van der Waals surface area (Å²) in [4.78, 5) is 12.6. The van der Waals surface area contributed by atoms with Crippen LogP contribution in [0.25, 0.3) is 0 Å². The lowest BCUT2D eigenvalue weighted by Crippen LogP contribution is -2.40. The second-order valence-electron chi connectivity index (χ2n) is 6.24. The quantitative estimate of drug-likeness (QED) is 0.744. The Morgan fingerprint density at radius 1 is 1.18 bits per heavy atom. The molecule has 3 rings (SSSR count). The van der Waals surface area contributed by atoms with E-state index in [1.165, 1.54) is 22.5 Å². The number of nitrogens with zero attached hydrogens (tertiary/aromatic N) is 1. The van der Waals surface area contributed by atoms with E-state index in [0.717, 1.165) is 11.3 Å². The number of sulfonamides is 1. The largest absolute Gasteiger partial charge is 0.379 e. The monoisotopic (exact) mass is 440 g/mol. The van der Waals surface area contributed by atoms with E-state index in [1.807, 2.05) is 18.4 Å². The van der Waals surface area contributed by atoms with Crippen molar-refractivity contribution >= 4 is 45.0 Å². The molecule has 1 heterocycles. The predicted octanol–water partition coefficient (Wildman–Crippen LogP) is 3.48. The lowest BCUT2D eigenvalue weighted by molar-refractivity contribution is 0.0730. The van der Waals surface area contributed by atoms with Gasteiger partial charge in [0.05, 0.1) is 28.8 Å². The number of nitrogens with one attached hydrogen (secondary N) is 1. The molecule has 0 bridgehead atoms. The van der Waals surface area contributed by atoms with Crippen molar-refractivity contribution in [2.45, 2.75) is 10.6 Å². The zero-order chi connectivity index (χ0) is 20.1. The molecule has 1 aliphatic heterocycles. The number of hydrogen-bond acceptors (Lipinski definition) is 5. The number of anilines is 1. The number of ether oxygens (including phenoxy) is 1. The van der Waals surface area contributed by atoms with E-state index in [1.54, 1.807) is 23.9 Å². The molecule has 1 N–H and O–H groups in total. The van der Waals surface area contributed by atoms with Gasteiger partial charge in [-0.1, -0.05) is 23.7 Å². The summed E-state index contributed by atoms with van der Waals surface area (Å²) >= 11 is 7.89. The molecule has 6 nitrogen and oxygen atoms in total. The minimum Gasteiger partial charge on any atom is -0.379 e. The number of thioether (sulfide) groups is 1. The Hall–Kier alpha value is -1.58. The average Bonchev–Trinajstić information content (AvgIpc) is 2.71. The third-order valence-corrected chi connectivity index (χ3v) is 7.17. The summed E-state index contributed by atoms with van der Waals surface area (Å²) in [6, 6.07) is 11.6. The van der Waals surface area contributed by atoms with Gasteiger partial charge in [-0.25, -0.2) is 8.42 Å². The van der Waals surface area contributed by atoms with Crippen molar-refractivity contribution in [3.8, 4) is 0 Å². The van der Waals surface area contributed by atoms with Gasteiger partial charge in [-0.2, -0.15) is 16.1 Å². The van der Waals surface area contributed by atoms with Crippen LogP contribution in [0.2, 0.25) is 5.02 Å². The standard InChI is InChI=1S/C19H21ClN2O4S2/c1-27-13-14-2-4-15(5-3-14)19(23)21-18-12-16(6-7-17(18)20)28(24,25)22-8-10-26-11-9-22/h2-7,12H,8-11,13H2,1H3,(H,21,23). The molecule has 0 saturated carbocycles. The van der Waals surface area contributed by atoms with Crippen LogP contribution in [0.4, 0.5) is 5.69 Å². The van der Waals surface area contributed by atoms with Gasteiger partial charge in [-0.15, -0.1) is 0 Å². The maximum atomic E-state index is 12.8. The summed E-state index contributed by atoms with van der Waals surface area (Å²) in [7, 11) is -3.67. The molecular formula is C19H21ClN2O4S2. The van der Waals surface area contributed by atoms with Crippen LogP contribution in [0.3, 0.4) is 0 Å². The number of amides is 1. The minimum absolute atomic E-state index is 0.0874. The molecule has 2 aromatic carbocycles. The molecule has 0 aromatic heterocycles. The smallest absolute Gasteiger partial charge is 0.255 e. The highest BCUT2D eigenvalue weighted by Crippen LogP contribution is 2.28. The van der Waals surface area contributed by atoms with Gasteiger partial charge >= 0.3 is 0 Å². The minimum atomic E-state index is -3.67. The van der Waals surface area contributed by atoms with Crippen LogP contribution in [-0.4, -0.2) is 51.2 Å². The molecule has 0 unspecified atom stereocenters. The fourth-order valence-electron chi connectivity index (χ4n) is 2.81. The van der Waals surface area contributed by atoms with Gasteiger partial charge in [0.2, 0.25) is 10.0 Å². The molecule has 1 saturated heterocycles. The first kappa shape index (κ1) is 21.1. The third kappa shape index (κ3) is 4.87. The van der Waals surface area contributed by atoms with Gasteiger partial charge in [0.1, 0.15) is 0 Å². The number of hydrogen-bond donors (Lipinski definition) is 1. The van der Waals surface area contributed by atoms with E-state index in [2.05, 4.69) is 5.32 Å². The van der Waals surface area contributed by atoms with Gasteiger partial charge in [0, 0.05) is 24.4 Å². The van der Waals surface area contributed by atoms with E-state index < -0.39 is 10.0 Å².